The number of hydrogen-bond donors (Lipinski definition) is 1. The Morgan fingerprint density at radius 2 is 2.13 bits per heavy atom. The number of carbonyl (C=O) groups excluding carboxylic acids is 1. The highest BCUT2D eigenvalue weighted by molar-refractivity contribution is 7.13. The number of amides is 2. The molecule has 0 saturated carbocycles. The van der Waals surface area contributed by atoms with Crippen molar-refractivity contribution in [3.05, 3.63) is 53.4 Å². The number of thiazole rings is 1. The first-order chi connectivity index (χ1) is 11.1. The molecule has 1 aromatic carbocycles. The van der Waals surface area contributed by atoms with Gasteiger partial charge in [0.05, 0.1) is 6.54 Å². The Morgan fingerprint density at radius 1 is 1.35 bits per heavy atom. The lowest BCUT2D eigenvalue weighted by Gasteiger charge is -2.16. The standard InChI is InChI=1S/C16H16N4O2S/c1-11-9-14(19-22-11)10-20(2)16(21)18-13-5-3-12(4-6-13)15-17-7-8-23-15/h3-9H,10H2,1-2H3,(H,18,21). The average Bonchev–Trinajstić information content (AvgIpc) is 3.20. The van der Waals surface area contributed by atoms with Gasteiger partial charge in [-0.15, -0.1) is 11.3 Å². The molecule has 0 aliphatic carbocycles. The Kier molecular flexibility index (Phi) is 4.38. The molecular formula is C16H16N4O2S. The van der Waals surface area contributed by atoms with Gasteiger partial charge in [-0.2, -0.15) is 0 Å². The Bertz CT molecular complexity index is 781. The molecule has 1 N–H and O–H groups in total. The van der Waals surface area contributed by atoms with Gasteiger partial charge in [-0.25, -0.2) is 9.78 Å². The summed E-state index contributed by atoms with van der Waals surface area (Å²) in [6.45, 7) is 2.21. The quantitative estimate of drug-likeness (QED) is 0.791. The molecule has 3 aromatic rings. The number of urea groups is 1. The zero-order chi connectivity index (χ0) is 16.2. The first-order valence-corrected chi connectivity index (χ1v) is 7.94. The van der Waals surface area contributed by atoms with Crippen LogP contribution in [0, 0.1) is 6.92 Å². The van der Waals surface area contributed by atoms with Gasteiger partial charge in [0.2, 0.25) is 0 Å². The number of benzene rings is 1. The van der Waals surface area contributed by atoms with Crippen molar-refractivity contribution in [1.82, 2.24) is 15.0 Å². The van der Waals surface area contributed by atoms with E-state index in [2.05, 4.69) is 15.5 Å². The smallest absolute Gasteiger partial charge is 0.321 e. The third kappa shape index (κ3) is 3.75. The van der Waals surface area contributed by atoms with Crippen LogP contribution in [0.4, 0.5) is 10.5 Å². The van der Waals surface area contributed by atoms with Crippen LogP contribution in [0.1, 0.15) is 11.5 Å². The van der Waals surface area contributed by atoms with Crippen molar-refractivity contribution in [1.29, 1.82) is 0 Å². The number of nitrogens with zero attached hydrogens (tertiary/aromatic N) is 3. The topological polar surface area (TPSA) is 71.3 Å². The van der Waals surface area contributed by atoms with Gasteiger partial charge < -0.3 is 14.7 Å². The number of rotatable bonds is 4. The fraction of sp³-hybridized carbons (Fsp3) is 0.188. The molecular weight excluding hydrogens is 312 g/mol. The van der Waals surface area contributed by atoms with E-state index in [9.17, 15) is 4.79 Å². The summed E-state index contributed by atoms with van der Waals surface area (Å²) < 4.78 is 5.00. The fourth-order valence-electron chi connectivity index (χ4n) is 2.09. The largest absolute Gasteiger partial charge is 0.361 e. The molecule has 0 bridgehead atoms. The molecule has 0 radical (unpaired) electrons. The monoisotopic (exact) mass is 328 g/mol. The van der Waals surface area contributed by atoms with Gasteiger partial charge in [0.15, 0.2) is 0 Å². The number of aromatic nitrogens is 2. The van der Waals surface area contributed by atoms with E-state index in [1.807, 2.05) is 42.6 Å². The third-order valence-corrected chi connectivity index (χ3v) is 4.06. The van der Waals surface area contributed by atoms with E-state index < -0.39 is 0 Å². The first kappa shape index (κ1) is 15.2. The molecule has 2 heterocycles. The summed E-state index contributed by atoms with van der Waals surface area (Å²) in [5, 5.41) is 9.63. The van der Waals surface area contributed by atoms with E-state index in [4.69, 9.17) is 4.52 Å². The van der Waals surface area contributed by atoms with Crippen molar-refractivity contribution in [2.45, 2.75) is 13.5 Å². The Balaban J connectivity index is 1.61. The lowest BCUT2D eigenvalue weighted by molar-refractivity contribution is 0.219. The Labute approximate surface area is 137 Å². The predicted octanol–water partition coefficient (Wildman–Crippen LogP) is 3.77. The van der Waals surface area contributed by atoms with Crippen molar-refractivity contribution in [2.75, 3.05) is 12.4 Å². The highest BCUT2D eigenvalue weighted by Crippen LogP contribution is 2.23. The highest BCUT2D eigenvalue weighted by atomic mass is 32.1. The van der Waals surface area contributed by atoms with Crippen LogP contribution < -0.4 is 5.32 Å². The second-order valence-corrected chi connectivity index (χ2v) is 6.02. The van der Waals surface area contributed by atoms with E-state index >= 15 is 0 Å². The maximum Gasteiger partial charge on any atom is 0.321 e. The van der Waals surface area contributed by atoms with Crippen LogP contribution in [0.2, 0.25) is 0 Å². The zero-order valence-corrected chi connectivity index (χ0v) is 13.6. The van der Waals surface area contributed by atoms with Crippen molar-refractivity contribution >= 4 is 23.1 Å². The molecule has 0 saturated heterocycles. The van der Waals surface area contributed by atoms with Gasteiger partial charge >= 0.3 is 6.03 Å². The first-order valence-electron chi connectivity index (χ1n) is 7.06. The number of carbonyl (C=O) groups is 1. The summed E-state index contributed by atoms with van der Waals surface area (Å²) in [7, 11) is 1.71. The van der Waals surface area contributed by atoms with Crippen LogP contribution in [0.5, 0.6) is 0 Å². The lowest BCUT2D eigenvalue weighted by Crippen LogP contribution is -2.30. The van der Waals surface area contributed by atoms with Crippen LogP contribution >= 0.6 is 11.3 Å². The van der Waals surface area contributed by atoms with Gasteiger partial charge in [0.25, 0.3) is 0 Å². The van der Waals surface area contributed by atoms with E-state index in [-0.39, 0.29) is 6.03 Å². The molecule has 2 aromatic heterocycles. The average molecular weight is 328 g/mol. The lowest BCUT2D eigenvalue weighted by atomic mass is 10.2. The molecule has 0 unspecified atom stereocenters. The highest BCUT2D eigenvalue weighted by Gasteiger charge is 2.12. The number of anilines is 1. The molecule has 0 spiro atoms. The minimum absolute atomic E-state index is 0.201. The predicted molar refractivity (Wildman–Crippen MR) is 89.3 cm³/mol. The molecule has 3 rings (SSSR count). The molecule has 6 nitrogen and oxygen atoms in total. The zero-order valence-electron chi connectivity index (χ0n) is 12.8. The van der Waals surface area contributed by atoms with Crippen LogP contribution in [0.15, 0.2) is 46.4 Å². The Hall–Kier alpha value is -2.67. The second kappa shape index (κ2) is 6.62. The molecule has 0 aliphatic heterocycles. The molecule has 2 amide bonds. The molecule has 0 aliphatic rings. The maximum atomic E-state index is 12.2. The summed E-state index contributed by atoms with van der Waals surface area (Å²) in [6.07, 6.45) is 1.77. The third-order valence-electron chi connectivity index (χ3n) is 3.24. The normalized spacial score (nSPS) is 10.5. The van der Waals surface area contributed by atoms with E-state index in [0.29, 0.717) is 6.54 Å². The fourth-order valence-corrected chi connectivity index (χ4v) is 2.73. The van der Waals surface area contributed by atoms with Crippen molar-refractivity contribution < 1.29 is 9.32 Å². The second-order valence-electron chi connectivity index (χ2n) is 5.13. The van der Waals surface area contributed by atoms with Crippen LogP contribution in [-0.4, -0.2) is 28.1 Å². The van der Waals surface area contributed by atoms with Gasteiger partial charge in [0.1, 0.15) is 16.5 Å². The molecule has 0 fully saturated rings. The summed E-state index contributed by atoms with van der Waals surface area (Å²) in [5.41, 5.74) is 2.49. The van der Waals surface area contributed by atoms with Gasteiger partial charge in [-0.05, 0) is 31.2 Å². The minimum Gasteiger partial charge on any atom is -0.361 e. The molecule has 0 atom stereocenters. The van der Waals surface area contributed by atoms with Crippen molar-refractivity contribution in [3.8, 4) is 10.6 Å². The SMILES string of the molecule is Cc1cc(CN(C)C(=O)Nc2ccc(-c3nccs3)cc2)no1. The van der Waals surface area contributed by atoms with Crippen LogP contribution in [0.3, 0.4) is 0 Å². The van der Waals surface area contributed by atoms with Crippen molar-refractivity contribution in [2.24, 2.45) is 0 Å². The van der Waals surface area contributed by atoms with Crippen LogP contribution in [0.25, 0.3) is 10.6 Å². The molecule has 23 heavy (non-hydrogen) atoms. The van der Waals surface area contributed by atoms with Crippen molar-refractivity contribution in [3.63, 3.8) is 0 Å². The van der Waals surface area contributed by atoms with Gasteiger partial charge in [-0.3, -0.25) is 0 Å². The molecule has 7 heteroatoms. The minimum atomic E-state index is -0.201. The number of hydrogen-bond acceptors (Lipinski definition) is 5. The maximum absolute atomic E-state index is 12.2. The molecule has 118 valence electrons. The number of nitrogens with one attached hydrogen (secondary N) is 1. The summed E-state index contributed by atoms with van der Waals surface area (Å²) >= 11 is 1.58. The summed E-state index contributed by atoms with van der Waals surface area (Å²) in [4.78, 5) is 18.0. The summed E-state index contributed by atoms with van der Waals surface area (Å²) in [5.74, 6) is 0.728. The van der Waals surface area contributed by atoms with E-state index in [1.165, 1.54) is 0 Å². The van der Waals surface area contributed by atoms with Gasteiger partial charge in [-0.1, -0.05) is 5.16 Å². The number of aryl methyl sites for hydroxylation is 1. The van der Waals surface area contributed by atoms with E-state index in [0.717, 1.165) is 27.7 Å². The summed E-state index contributed by atoms with van der Waals surface area (Å²) in [6, 6.07) is 9.22. The van der Waals surface area contributed by atoms with Crippen LogP contribution in [-0.2, 0) is 6.54 Å². The Morgan fingerprint density at radius 3 is 2.74 bits per heavy atom. The van der Waals surface area contributed by atoms with E-state index in [1.54, 1.807) is 29.5 Å². The van der Waals surface area contributed by atoms with Gasteiger partial charge in [0, 0.05) is 35.9 Å².